The van der Waals surface area contributed by atoms with Crippen molar-refractivity contribution in [2.75, 3.05) is 12.4 Å². The third-order valence-corrected chi connectivity index (χ3v) is 3.54. The van der Waals surface area contributed by atoms with E-state index in [0.717, 1.165) is 5.25 Å². The van der Waals surface area contributed by atoms with Crippen molar-refractivity contribution in [3.05, 3.63) is 0 Å². The van der Waals surface area contributed by atoms with Crippen LogP contribution in [0.4, 0.5) is 0 Å². The van der Waals surface area contributed by atoms with E-state index in [1.807, 2.05) is 11.8 Å². The van der Waals surface area contributed by atoms with Crippen molar-refractivity contribution in [2.24, 2.45) is 5.92 Å². The van der Waals surface area contributed by atoms with Gasteiger partial charge in [-0.1, -0.05) is 6.92 Å². The topological polar surface area (TPSA) is 20.2 Å². The predicted molar refractivity (Wildman–Crippen MR) is 41.7 cm³/mol. The zero-order valence-electron chi connectivity index (χ0n) is 5.84. The quantitative estimate of drug-likeness (QED) is 0.637. The van der Waals surface area contributed by atoms with E-state index in [1.165, 1.54) is 18.6 Å². The predicted octanol–water partition coefficient (Wildman–Crippen LogP) is 1.51. The van der Waals surface area contributed by atoms with E-state index >= 15 is 0 Å². The van der Waals surface area contributed by atoms with Gasteiger partial charge in [-0.25, -0.2) is 0 Å². The number of hydrogen-bond donors (Lipinski definition) is 1. The summed E-state index contributed by atoms with van der Waals surface area (Å²) in [6.07, 6.45) is 2.66. The molecule has 2 atom stereocenters. The number of hydrogen-bond acceptors (Lipinski definition) is 2. The normalized spacial score (nSPS) is 30.7. The van der Waals surface area contributed by atoms with Crippen molar-refractivity contribution < 1.29 is 5.11 Å². The van der Waals surface area contributed by atoms with Crippen LogP contribution in [0.3, 0.4) is 0 Å². The van der Waals surface area contributed by atoms with Crippen LogP contribution in [0, 0.1) is 5.92 Å². The summed E-state index contributed by atoms with van der Waals surface area (Å²) in [4.78, 5) is 0. The average molecular weight is 146 g/mol. The van der Waals surface area contributed by atoms with Crippen molar-refractivity contribution >= 4 is 11.8 Å². The van der Waals surface area contributed by atoms with Gasteiger partial charge in [0, 0.05) is 11.9 Å². The maximum Gasteiger partial charge on any atom is 0.0467 e. The molecule has 1 aliphatic rings. The second kappa shape index (κ2) is 3.47. The highest BCUT2D eigenvalue weighted by molar-refractivity contribution is 8.00. The lowest BCUT2D eigenvalue weighted by atomic mass is 10.1. The Morgan fingerprint density at radius 3 is 3.00 bits per heavy atom. The van der Waals surface area contributed by atoms with Gasteiger partial charge in [-0.3, -0.25) is 0 Å². The molecular formula is C7H14OS. The fraction of sp³-hybridized carbons (Fsp3) is 1.00. The highest BCUT2D eigenvalue weighted by atomic mass is 32.2. The van der Waals surface area contributed by atoms with Gasteiger partial charge in [0.25, 0.3) is 0 Å². The van der Waals surface area contributed by atoms with Crippen molar-refractivity contribution in [3.63, 3.8) is 0 Å². The summed E-state index contributed by atoms with van der Waals surface area (Å²) in [6, 6.07) is 0. The Hall–Kier alpha value is 0.310. The maximum atomic E-state index is 8.78. The van der Waals surface area contributed by atoms with Gasteiger partial charge in [-0.2, -0.15) is 11.8 Å². The van der Waals surface area contributed by atoms with Crippen molar-refractivity contribution in [1.29, 1.82) is 0 Å². The van der Waals surface area contributed by atoms with Gasteiger partial charge >= 0.3 is 0 Å². The van der Waals surface area contributed by atoms with Crippen LogP contribution >= 0.6 is 11.8 Å². The van der Waals surface area contributed by atoms with Crippen molar-refractivity contribution in [3.8, 4) is 0 Å². The lowest BCUT2D eigenvalue weighted by molar-refractivity contribution is 0.233. The average Bonchev–Trinajstić information content (AvgIpc) is 2.37. The first kappa shape index (κ1) is 7.42. The molecule has 2 heteroatoms. The number of rotatable bonds is 2. The van der Waals surface area contributed by atoms with Gasteiger partial charge < -0.3 is 5.11 Å². The molecule has 1 saturated heterocycles. The molecule has 0 aromatic carbocycles. The van der Waals surface area contributed by atoms with Crippen LogP contribution in [-0.2, 0) is 0 Å². The van der Waals surface area contributed by atoms with Gasteiger partial charge in [0.05, 0.1) is 0 Å². The van der Waals surface area contributed by atoms with E-state index in [-0.39, 0.29) is 0 Å². The molecule has 2 unspecified atom stereocenters. The summed E-state index contributed by atoms with van der Waals surface area (Å²) in [5.41, 5.74) is 0. The molecule has 0 aromatic heterocycles. The zero-order chi connectivity index (χ0) is 6.69. The number of aliphatic hydroxyl groups is 1. The van der Waals surface area contributed by atoms with Crippen molar-refractivity contribution in [2.45, 2.75) is 25.0 Å². The van der Waals surface area contributed by atoms with Crippen LogP contribution in [0.15, 0.2) is 0 Å². The van der Waals surface area contributed by atoms with Gasteiger partial charge in [0.2, 0.25) is 0 Å². The fourth-order valence-corrected chi connectivity index (χ4v) is 2.55. The van der Waals surface area contributed by atoms with E-state index in [0.29, 0.717) is 12.5 Å². The third-order valence-electron chi connectivity index (χ3n) is 1.89. The molecule has 54 valence electrons. The maximum absolute atomic E-state index is 8.78. The van der Waals surface area contributed by atoms with Gasteiger partial charge in [0.15, 0.2) is 0 Å². The Kier molecular flexibility index (Phi) is 2.86. The van der Waals surface area contributed by atoms with Crippen LogP contribution in [0.5, 0.6) is 0 Å². The lowest BCUT2D eigenvalue weighted by Crippen LogP contribution is -2.14. The van der Waals surface area contributed by atoms with E-state index in [9.17, 15) is 0 Å². The highest BCUT2D eigenvalue weighted by Gasteiger charge is 2.20. The minimum Gasteiger partial charge on any atom is -0.396 e. The fourth-order valence-electron chi connectivity index (χ4n) is 1.17. The zero-order valence-corrected chi connectivity index (χ0v) is 6.66. The standard InChI is InChI=1S/C7H14OS/c1-6(5-8)7-3-2-4-9-7/h6-8H,2-5H2,1H3. The molecule has 1 aliphatic heterocycles. The molecule has 0 aliphatic carbocycles. The summed E-state index contributed by atoms with van der Waals surface area (Å²) < 4.78 is 0. The van der Waals surface area contributed by atoms with E-state index in [1.54, 1.807) is 0 Å². The van der Waals surface area contributed by atoms with Crippen LogP contribution in [0.25, 0.3) is 0 Å². The number of aliphatic hydroxyl groups excluding tert-OH is 1. The summed E-state index contributed by atoms with van der Waals surface area (Å²) in [6.45, 7) is 2.49. The molecule has 0 aromatic rings. The third kappa shape index (κ3) is 1.87. The molecule has 1 fully saturated rings. The Morgan fingerprint density at radius 2 is 2.56 bits per heavy atom. The van der Waals surface area contributed by atoms with Gasteiger partial charge in [-0.15, -0.1) is 0 Å². The molecular weight excluding hydrogens is 132 g/mol. The second-order valence-corrected chi connectivity index (χ2v) is 4.06. The Balaban J connectivity index is 2.24. The second-order valence-electron chi connectivity index (χ2n) is 2.71. The molecule has 0 radical (unpaired) electrons. The van der Waals surface area contributed by atoms with E-state index < -0.39 is 0 Å². The van der Waals surface area contributed by atoms with Crippen LogP contribution in [-0.4, -0.2) is 22.7 Å². The molecule has 1 heterocycles. The Morgan fingerprint density at radius 1 is 1.78 bits per heavy atom. The SMILES string of the molecule is CC(CO)C1CCCS1. The molecule has 1 nitrogen and oxygen atoms in total. The first-order chi connectivity index (χ1) is 4.34. The molecule has 9 heavy (non-hydrogen) atoms. The summed E-state index contributed by atoms with van der Waals surface area (Å²) in [7, 11) is 0. The van der Waals surface area contributed by atoms with E-state index in [4.69, 9.17) is 5.11 Å². The lowest BCUT2D eigenvalue weighted by Gasteiger charge is -2.13. The van der Waals surface area contributed by atoms with Crippen LogP contribution < -0.4 is 0 Å². The molecule has 0 bridgehead atoms. The Labute approximate surface area is 60.8 Å². The molecule has 1 rings (SSSR count). The highest BCUT2D eigenvalue weighted by Crippen LogP contribution is 2.31. The van der Waals surface area contributed by atoms with E-state index in [2.05, 4.69) is 6.92 Å². The Bertz CT molecular complexity index is 79.0. The summed E-state index contributed by atoms with van der Waals surface area (Å²) in [5.74, 6) is 1.81. The van der Waals surface area contributed by atoms with Crippen LogP contribution in [0.2, 0.25) is 0 Å². The summed E-state index contributed by atoms with van der Waals surface area (Å²) >= 11 is 2.02. The first-order valence-electron chi connectivity index (χ1n) is 3.57. The monoisotopic (exact) mass is 146 g/mol. The van der Waals surface area contributed by atoms with Crippen LogP contribution in [0.1, 0.15) is 19.8 Å². The smallest absolute Gasteiger partial charge is 0.0467 e. The van der Waals surface area contributed by atoms with Gasteiger partial charge in [0.1, 0.15) is 0 Å². The molecule has 0 spiro atoms. The molecule has 1 N–H and O–H groups in total. The van der Waals surface area contributed by atoms with Crippen molar-refractivity contribution in [1.82, 2.24) is 0 Å². The minimum atomic E-state index is 0.359. The minimum absolute atomic E-state index is 0.359. The molecule has 0 saturated carbocycles. The van der Waals surface area contributed by atoms with Gasteiger partial charge in [-0.05, 0) is 24.5 Å². The number of thioether (sulfide) groups is 1. The first-order valence-corrected chi connectivity index (χ1v) is 4.62. The molecule has 0 amide bonds. The summed E-state index contributed by atoms with van der Waals surface area (Å²) in [5, 5.41) is 9.53. The largest absolute Gasteiger partial charge is 0.396 e.